The number of fused-ring (bicyclic) bond motifs is 3. The van der Waals surface area contributed by atoms with Crippen LogP contribution in [0.4, 0.5) is 5.69 Å². The molecule has 1 aliphatic carbocycles. The van der Waals surface area contributed by atoms with Crippen LogP contribution in [0.25, 0.3) is 15.9 Å². The zero-order chi connectivity index (χ0) is 24.0. The minimum atomic E-state index is -0.534. The molecule has 6 nitrogen and oxygen atoms in total. The maximum absolute atomic E-state index is 13.6. The van der Waals surface area contributed by atoms with Crippen molar-refractivity contribution in [2.45, 2.75) is 46.1 Å². The van der Waals surface area contributed by atoms with Crippen LogP contribution in [0.5, 0.6) is 0 Å². The van der Waals surface area contributed by atoms with Gasteiger partial charge in [0.25, 0.3) is 5.56 Å². The Hall–Kier alpha value is -3.16. The van der Waals surface area contributed by atoms with E-state index in [4.69, 9.17) is 11.6 Å². The number of benzene rings is 2. The molecular formula is C26H24ClN3O3S. The maximum atomic E-state index is 13.6. The van der Waals surface area contributed by atoms with Crippen molar-refractivity contribution in [3.63, 3.8) is 0 Å². The molecule has 4 aromatic rings. The van der Waals surface area contributed by atoms with Crippen LogP contribution < -0.4 is 16.6 Å². The van der Waals surface area contributed by atoms with Gasteiger partial charge in [-0.25, -0.2) is 9.36 Å². The molecule has 0 spiro atoms. The fraction of sp³-hybridized carbons (Fsp3) is 0.269. The lowest BCUT2D eigenvalue weighted by Crippen LogP contribution is -2.40. The summed E-state index contributed by atoms with van der Waals surface area (Å²) < 4.78 is 2.59. The molecule has 0 aliphatic heterocycles. The van der Waals surface area contributed by atoms with Crippen molar-refractivity contribution in [2.75, 3.05) is 5.32 Å². The van der Waals surface area contributed by atoms with Crippen LogP contribution in [-0.2, 0) is 24.2 Å². The first-order valence-electron chi connectivity index (χ1n) is 11.3. The molecule has 5 rings (SSSR count). The second kappa shape index (κ2) is 8.89. The number of hydrogen-bond donors (Lipinski definition) is 1. The normalized spacial score (nSPS) is 13.1. The van der Waals surface area contributed by atoms with Gasteiger partial charge < -0.3 is 5.32 Å². The van der Waals surface area contributed by atoms with Crippen LogP contribution in [0.15, 0.2) is 52.1 Å². The lowest BCUT2D eigenvalue weighted by molar-refractivity contribution is -0.116. The zero-order valence-corrected chi connectivity index (χ0v) is 20.6. The predicted molar refractivity (Wildman–Crippen MR) is 138 cm³/mol. The molecule has 2 aromatic heterocycles. The van der Waals surface area contributed by atoms with Crippen LogP contribution in [0.1, 0.15) is 34.4 Å². The van der Waals surface area contributed by atoms with Gasteiger partial charge in [-0.15, -0.1) is 11.3 Å². The Bertz CT molecular complexity index is 1550. The quantitative estimate of drug-likeness (QED) is 0.434. The third-order valence-electron chi connectivity index (χ3n) is 6.41. The van der Waals surface area contributed by atoms with Crippen LogP contribution >= 0.6 is 22.9 Å². The fourth-order valence-electron chi connectivity index (χ4n) is 4.49. The monoisotopic (exact) mass is 493 g/mol. The van der Waals surface area contributed by atoms with E-state index < -0.39 is 5.69 Å². The summed E-state index contributed by atoms with van der Waals surface area (Å²) in [7, 11) is 0. The van der Waals surface area contributed by atoms with Crippen LogP contribution in [0.2, 0.25) is 5.02 Å². The SMILES string of the molecule is Cc1ccc(NC(=O)Cn2c(=O)n(-c3ccc(Cl)cc3)c(=O)c3c4c(sc32)CCCC4)cc1C. The molecule has 0 bridgehead atoms. The molecule has 0 atom stereocenters. The number of aryl methyl sites for hydroxylation is 4. The Labute approximate surface area is 205 Å². The Morgan fingerprint density at radius 1 is 1.03 bits per heavy atom. The van der Waals surface area contributed by atoms with E-state index in [1.54, 1.807) is 24.3 Å². The minimum absolute atomic E-state index is 0.185. The Morgan fingerprint density at radius 3 is 2.50 bits per heavy atom. The third kappa shape index (κ3) is 3.99. The first-order valence-corrected chi connectivity index (χ1v) is 12.5. The minimum Gasteiger partial charge on any atom is -0.325 e. The summed E-state index contributed by atoms with van der Waals surface area (Å²) in [6.07, 6.45) is 3.75. The smallest absolute Gasteiger partial charge is 0.325 e. The molecule has 0 radical (unpaired) electrons. The summed E-state index contributed by atoms with van der Waals surface area (Å²) in [5.41, 5.74) is 3.45. The standard InChI is InChI=1S/C26H24ClN3O3S/c1-15-7-10-18(13-16(15)2)28-22(31)14-29-25-23(20-5-3-4-6-21(20)34-25)24(32)30(26(29)33)19-11-8-17(27)9-12-19/h7-13H,3-6,14H2,1-2H3,(H,28,31). The zero-order valence-electron chi connectivity index (χ0n) is 19.0. The Morgan fingerprint density at radius 2 is 1.76 bits per heavy atom. The fourth-order valence-corrected chi connectivity index (χ4v) is 5.99. The molecule has 1 aliphatic rings. The lowest BCUT2D eigenvalue weighted by Gasteiger charge is -2.14. The number of nitrogens with zero attached hydrogens (tertiary/aromatic N) is 2. The molecule has 0 fully saturated rings. The molecule has 34 heavy (non-hydrogen) atoms. The molecule has 8 heteroatoms. The summed E-state index contributed by atoms with van der Waals surface area (Å²) in [6, 6.07) is 12.3. The largest absolute Gasteiger partial charge is 0.337 e. The van der Waals surface area contributed by atoms with Gasteiger partial charge in [-0.2, -0.15) is 0 Å². The number of anilines is 1. The van der Waals surface area contributed by atoms with Crippen LogP contribution in [0.3, 0.4) is 0 Å². The average Bonchev–Trinajstić information content (AvgIpc) is 3.20. The van der Waals surface area contributed by atoms with Crippen molar-refractivity contribution in [2.24, 2.45) is 0 Å². The summed E-state index contributed by atoms with van der Waals surface area (Å²) in [5.74, 6) is -0.320. The highest BCUT2D eigenvalue weighted by molar-refractivity contribution is 7.18. The van der Waals surface area contributed by atoms with E-state index in [2.05, 4.69) is 5.32 Å². The molecule has 1 amide bonds. The molecule has 174 valence electrons. The molecule has 2 aromatic carbocycles. The highest BCUT2D eigenvalue weighted by Crippen LogP contribution is 2.34. The van der Waals surface area contributed by atoms with E-state index in [0.29, 0.717) is 26.6 Å². The van der Waals surface area contributed by atoms with Crippen LogP contribution in [-0.4, -0.2) is 15.0 Å². The molecule has 0 saturated carbocycles. The van der Waals surface area contributed by atoms with E-state index in [-0.39, 0.29) is 18.0 Å². The van der Waals surface area contributed by atoms with Crippen molar-refractivity contribution in [3.05, 3.63) is 89.9 Å². The van der Waals surface area contributed by atoms with E-state index >= 15 is 0 Å². The van der Waals surface area contributed by atoms with Gasteiger partial charge >= 0.3 is 5.69 Å². The lowest BCUT2D eigenvalue weighted by atomic mass is 9.97. The summed E-state index contributed by atoms with van der Waals surface area (Å²) in [4.78, 5) is 41.9. The second-order valence-electron chi connectivity index (χ2n) is 8.72. The van der Waals surface area contributed by atoms with Crippen molar-refractivity contribution in [3.8, 4) is 5.69 Å². The van der Waals surface area contributed by atoms with Gasteiger partial charge in [-0.1, -0.05) is 17.7 Å². The number of carbonyl (C=O) groups is 1. The van der Waals surface area contributed by atoms with Crippen LogP contribution in [0, 0.1) is 13.8 Å². The van der Waals surface area contributed by atoms with Gasteiger partial charge in [0.05, 0.1) is 11.1 Å². The van der Waals surface area contributed by atoms with Gasteiger partial charge in [0.1, 0.15) is 11.4 Å². The van der Waals surface area contributed by atoms with E-state index in [1.807, 2.05) is 32.0 Å². The number of halogens is 1. The number of hydrogen-bond acceptors (Lipinski definition) is 4. The molecule has 0 unspecified atom stereocenters. The number of carbonyl (C=O) groups excluding carboxylic acids is 1. The Kier molecular flexibility index (Phi) is 5.91. The summed E-state index contributed by atoms with van der Waals surface area (Å²) >= 11 is 7.49. The van der Waals surface area contributed by atoms with Gasteiger partial charge in [0.15, 0.2) is 0 Å². The average molecular weight is 494 g/mol. The first kappa shape index (κ1) is 22.6. The van der Waals surface area contributed by atoms with Crippen molar-refractivity contribution in [1.82, 2.24) is 9.13 Å². The number of nitrogens with one attached hydrogen (secondary N) is 1. The first-order chi connectivity index (χ1) is 16.3. The number of rotatable bonds is 4. The van der Waals surface area contributed by atoms with Crippen molar-refractivity contribution < 1.29 is 4.79 Å². The Balaban J connectivity index is 1.65. The molecule has 1 N–H and O–H groups in total. The second-order valence-corrected chi connectivity index (χ2v) is 10.2. The highest BCUT2D eigenvalue weighted by atomic mass is 35.5. The number of aromatic nitrogens is 2. The summed E-state index contributed by atoms with van der Waals surface area (Å²) in [6.45, 7) is 3.81. The molecule has 2 heterocycles. The summed E-state index contributed by atoms with van der Waals surface area (Å²) in [5, 5.41) is 3.96. The number of thiophene rings is 1. The van der Waals surface area contributed by atoms with Gasteiger partial charge in [0, 0.05) is 15.6 Å². The highest BCUT2D eigenvalue weighted by Gasteiger charge is 2.25. The van der Waals surface area contributed by atoms with Crippen molar-refractivity contribution >= 4 is 44.7 Å². The van der Waals surface area contributed by atoms with Gasteiger partial charge in [-0.3, -0.25) is 14.2 Å². The van der Waals surface area contributed by atoms with Gasteiger partial charge in [-0.05, 0) is 92.6 Å². The third-order valence-corrected chi connectivity index (χ3v) is 7.98. The predicted octanol–water partition coefficient (Wildman–Crippen LogP) is 5.00. The van der Waals surface area contributed by atoms with E-state index in [0.717, 1.165) is 51.8 Å². The van der Waals surface area contributed by atoms with Gasteiger partial charge in [0.2, 0.25) is 5.91 Å². The van der Waals surface area contributed by atoms with E-state index in [9.17, 15) is 14.4 Å². The number of amides is 1. The van der Waals surface area contributed by atoms with E-state index in [1.165, 1.54) is 15.9 Å². The molecular weight excluding hydrogens is 470 g/mol. The molecule has 0 saturated heterocycles. The topological polar surface area (TPSA) is 73.1 Å². The maximum Gasteiger partial charge on any atom is 0.337 e. The van der Waals surface area contributed by atoms with Crippen molar-refractivity contribution in [1.29, 1.82) is 0 Å².